The topological polar surface area (TPSA) is 75.7 Å². The van der Waals surface area contributed by atoms with Gasteiger partial charge in [0.1, 0.15) is 6.54 Å². The molecule has 2 aromatic carbocycles. The lowest BCUT2D eigenvalue weighted by Gasteiger charge is -2.27. The molecule has 0 saturated carbocycles. The molecule has 1 atom stereocenters. The number of ether oxygens (including phenoxy) is 1. The van der Waals surface area contributed by atoms with Crippen molar-refractivity contribution in [3.63, 3.8) is 0 Å². The molecule has 3 rings (SSSR count). The van der Waals surface area contributed by atoms with E-state index in [1.165, 1.54) is 22.2 Å². The number of esters is 1. The second-order valence-corrected chi connectivity index (χ2v) is 7.89. The van der Waals surface area contributed by atoms with E-state index >= 15 is 0 Å². The minimum atomic E-state index is -0.623. The van der Waals surface area contributed by atoms with Gasteiger partial charge in [0, 0.05) is 10.6 Å². The number of carbonyl (C=O) groups is 3. The minimum absolute atomic E-state index is 0.156. The fourth-order valence-corrected chi connectivity index (χ4v) is 3.91. The number of hydrogen-bond donors (Lipinski definition) is 1. The number of benzene rings is 2. The fourth-order valence-electron chi connectivity index (χ4n) is 2.98. The molecule has 0 radical (unpaired) electrons. The lowest BCUT2D eigenvalue weighted by molar-refractivity contribution is -0.146. The van der Waals surface area contributed by atoms with E-state index in [1.54, 1.807) is 6.07 Å². The van der Waals surface area contributed by atoms with Crippen LogP contribution in [0.25, 0.3) is 0 Å². The van der Waals surface area contributed by atoms with E-state index in [-0.39, 0.29) is 18.2 Å². The van der Waals surface area contributed by atoms with Crippen LogP contribution in [0.5, 0.6) is 0 Å². The first kappa shape index (κ1) is 20.9. The number of anilines is 2. The highest BCUT2D eigenvalue weighted by molar-refractivity contribution is 8.00. The Kier molecular flexibility index (Phi) is 6.93. The summed E-state index contributed by atoms with van der Waals surface area (Å²) >= 11 is 1.44. The third-order valence-electron chi connectivity index (χ3n) is 4.84. The molecule has 0 bridgehead atoms. The van der Waals surface area contributed by atoms with Gasteiger partial charge in [0.2, 0.25) is 5.91 Å². The molecular weight excluding hydrogens is 388 g/mol. The van der Waals surface area contributed by atoms with E-state index in [9.17, 15) is 14.4 Å². The predicted octanol–water partition coefficient (Wildman–Crippen LogP) is 3.82. The summed E-state index contributed by atoms with van der Waals surface area (Å²) in [5, 5.41) is 2.71. The third-order valence-corrected chi connectivity index (χ3v) is 5.88. The van der Waals surface area contributed by atoms with Crippen LogP contribution in [0, 0.1) is 0 Å². The van der Waals surface area contributed by atoms with Crippen LogP contribution < -0.4 is 10.2 Å². The molecule has 0 aromatic heterocycles. The van der Waals surface area contributed by atoms with Crippen molar-refractivity contribution >= 4 is 40.9 Å². The van der Waals surface area contributed by atoms with Crippen molar-refractivity contribution in [2.75, 3.05) is 29.1 Å². The van der Waals surface area contributed by atoms with Crippen LogP contribution >= 0.6 is 11.8 Å². The predicted molar refractivity (Wildman–Crippen MR) is 114 cm³/mol. The summed E-state index contributed by atoms with van der Waals surface area (Å²) in [7, 11) is 0. The zero-order chi connectivity index (χ0) is 20.8. The van der Waals surface area contributed by atoms with E-state index < -0.39 is 18.5 Å². The largest absolute Gasteiger partial charge is 0.454 e. The Morgan fingerprint density at radius 2 is 1.90 bits per heavy atom. The van der Waals surface area contributed by atoms with Crippen molar-refractivity contribution in [2.24, 2.45) is 0 Å². The average Bonchev–Trinajstić information content (AvgIpc) is 2.74. The van der Waals surface area contributed by atoms with Gasteiger partial charge in [-0.1, -0.05) is 38.1 Å². The lowest BCUT2D eigenvalue weighted by Crippen LogP contribution is -2.40. The standard InChI is InChI=1S/C22H24N2O4S/c1-3-15(2)16-8-10-17(11-9-16)23-20(25)13-28-22(27)12-24-18-6-4-5-7-19(18)29-14-21(24)26/h4-11,15H,3,12-14H2,1-2H3,(H,23,25)/t15-/m1/s1. The van der Waals surface area contributed by atoms with Crippen LogP contribution in [0.4, 0.5) is 11.4 Å². The molecule has 0 unspecified atom stereocenters. The number of para-hydroxylation sites is 1. The molecule has 0 aliphatic carbocycles. The molecule has 2 aromatic rings. The van der Waals surface area contributed by atoms with Crippen molar-refractivity contribution in [1.29, 1.82) is 0 Å². The van der Waals surface area contributed by atoms with Gasteiger partial charge in [-0.2, -0.15) is 0 Å². The number of nitrogens with one attached hydrogen (secondary N) is 1. The summed E-state index contributed by atoms with van der Waals surface area (Å²) in [5.41, 5.74) is 2.55. The van der Waals surface area contributed by atoms with Crippen molar-refractivity contribution in [3.05, 3.63) is 54.1 Å². The van der Waals surface area contributed by atoms with Crippen molar-refractivity contribution in [3.8, 4) is 0 Å². The molecule has 29 heavy (non-hydrogen) atoms. The summed E-state index contributed by atoms with van der Waals surface area (Å²) < 4.78 is 5.07. The van der Waals surface area contributed by atoms with Crippen LogP contribution in [-0.4, -0.2) is 36.7 Å². The number of fused-ring (bicyclic) bond motifs is 1. The molecule has 1 aliphatic heterocycles. The Labute approximate surface area is 174 Å². The summed E-state index contributed by atoms with van der Waals surface area (Å²) in [6.07, 6.45) is 1.05. The monoisotopic (exact) mass is 412 g/mol. The molecular formula is C22H24N2O4S. The van der Waals surface area contributed by atoms with Crippen LogP contribution in [0.3, 0.4) is 0 Å². The maximum atomic E-state index is 12.2. The van der Waals surface area contributed by atoms with Gasteiger partial charge in [-0.15, -0.1) is 11.8 Å². The van der Waals surface area contributed by atoms with Gasteiger partial charge in [-0.25, -0.2) is 0 Å². The molecule has 0 saturated heterocycles. The number of amides is 2. The van der Waals surface area contributed by atoms with E-state index in [0.29, 0.717) is 17.3 Å². The van der Waals surface area contributed by atoms with E-state index in [1.807, 2.05) is 42.5 Å². The smallest absolute Gasteiger partial charge is 0.326 e. The Morgan fingerprint density at radius 3 is 2.62 bits per heavy atom. The molecule has 2 amide bonds. The zero-order valence-electron chi connectivity index (χ0n) is 16.5. The Bertz CT molecular complexity index is 898. The number of thioether (sulfide) groups is 1. The molecule has 7 heteroatoms. The maximum absolute atomic E-state index is 12.2. The first-order valence-electron chi connectivity index (χ1n) is 9.55. The second kappa shape index (κ2) is 9.60. The number of hydrogen-bond acceptors (Lipinski definition) is 5. The maximum Gasteiger partial charge on any atom is 0.326 e. The van der Waals surface area contributed by atoms with E-state index in [2.05, 4.69) is 19.2 Å². The van der Waals surface area contributed by atoms with Gasteiger partial charge < -0.3 is 10.1 Å². The zero-order valence-corrected chi connectivity index (χ0v) is 17.3. The first-order chi connectivity index (χ1) is 14.0. The Balaban J connectivity index is 1.50. The van der Waals surface area contributed by atoms with Gasteiger partial charge in [0.05, 0.1) is 11.4 Å². The van der Waals surface area contributed by atoms with Crippen molar-refractivity contribution in [2.45, 2.75) is 31.1 Å². The highest BCUT2D eigenvalue weighted by Gasteiger charge is 2.26. The average molecular weight is 413 g/mol. The van der Waals surface area contributed by atoms with E-state index in [4.69, 9.17) is 4.74 Å². The Hall–Kier alpha value is -2.80. The summed E-state index contributed by atoms with van der Waals surface area (Å²) in [5.74, 6) is -0.464. The Morgan fingerprint density at radius 1 is 1.17 bits per heavy atom. The molecule has 0 spiro atoms. The van der Waals surface area contributed by atoms with Crippen LogP contribution in [-0.2, 0) is 19.1 Å². The van der Waals surface area contributed by atoms with Crippen LogP contribution in [0.1, 0.15) is 31.7 Å². The van der Waals surface area contributed by atoms with Crippen LogP contribution in [0.2, 0.25) is 0 Å². The second-order valence-electron chi connectivity index (χ2n) is 6.88. The molecule has 1 N–H and O–H groups in total. The van der Waals surface area contributed by atoms with Crippen molar-refractivity contribution in [1.82, 2.24) is 0 Å². The first-order valence-corrected chi connectivity index (χ1v) is 10.5. The summed E-state index contributed by atoms with van der Waals surface area (Å²) in [4.78, 5) is 38.8. The normalized spacial score (nSPS) is 14.1. The molecule has 6 nitrogen and oxygen atoms in total. The summed E-state index contributed by atoms with van der Waals surface area (Å²) in [6, 6.07) is 15.0. The molecule has 152 valence electrons. The fraction of sp³-hybridized carbons (Fsp3) is 0.318. The quantitative estimate of drug-likeness (QED) is 0.700. The van der Waals surface area contributed by atoms with Gasteiger partial charge in [0.25, 0.3) is 5.91 Å². The SMILES string of the molecule is CC[C@@H](C)c1ccc(NC(=O)COC(=O)CN2C(=O)CSc3ccccc32)cc1. The van der Waals surface area contributed by atoms with Gasteiger partial charge >= 0.3 is 5.97 Å². The molecule has 1 heterocycles. The van der Waals surface area contributed by atoms with Gasteiger partial charge in [-0.05, 0) is 42.2 Å². The molecule has 0 fully saturated rings. The third kappa shape index (κ3) is 5.38. The van der Waals surface area contributed by atoms with Crippen LogP contribution in [0.15, 0.2) is 53.4 Å². The number of rotatable bonds is 7. The minimum Gasteiger partial charge on any atom is -0.454 e. The van der Waals surface area contributed by atoms with E-state index in [0.717, 1.165) is 11.3 Å². The lowest BCUT2D eigenvalue weighted by atomic mass is 9.99. The van der Waals surface area contributed by atoms with Gasteiger partial charge in [0.15, 0.2) is 6.61 Å². The summed E-state index contributed by atoms with van der Waals surface area (Å²) in [6.45, 7) is 3.67. The molecule has 1 aliphatic rings. The number of nitrogens with zero attached hydrogens (tertiary/aromatic N) is 1. The highest BCUT2D eigenvalue weighted by atomic mass is 32.2. The van der Waals surface area contributed by atoms with Gasteiger partial charge in [-0.3, -0.25) is 19.3 Å². The highest BCUT2D eigenvalue weighted by Crippen LogP contribution is 2.34. The number of carbonyl (C=O) groups excluding carboxylic acids is 3. The van der Waals surface area contributed by atoms with Crippen molar-refractivity contribution < 1.29 is 19.1 Å².